The zero-order valence-corrected chi connectivity index (χ0v) is 8.52. The van der Waals surface area contributed by atoms with Gasteiger partial charge in [0.1, 0.15) is 0 Å². The zero-order valence-electron chi connectivity index (χ0n) is 6.94. The molecule has 0 heterocycles. The molecule has 0 aromatic rings. The summed E-state index contributed by atoms with van der Waals surface area (Å²) in [5.74, 6) is 1.96. The third-order valence-electron chi connectivity index (χ3n) is 2.64. The van der Waals surface area contributed by atoms with E-state index < -0.39 is 0 Å². The van der Waals surface area contributed by atoms with E-state index in [2.05, 4.69) is 29.8 Å². The van der Waals surface area contributed by atoms with Gasteiger partial charge in [-0.2, -0.15) is 0 Å². The van der Waals surface area contributed by atoms with Crippen LogP contribution in [0.15, 0.2) is 0 Å². The first-order chi connectivity index (χ1) is 4.74. The lowest BCUT2D eigenvalue weighted by Crippen LogP contribution is -2.09. The molecule has 1 fully saturated rings. The summed E-state index contributed by atoms with van der Waals surface area (Å²) in [6.07, 6.45) is 5.64. The molecule has 3 unspecified atom stereocenters. The maximum absolute atomic E-state index is 3.73. The molecule has 1 aliphatic rings. The van der Waals surface area contributed by atoms with Crippen LogP contribution in [0.1, 0.15) is 39.5 Å². The highest BCUT2D eigenvalue weighted by atomic mass is 79.9. The van der Waals surface area contributed by atoms with Crippen LogP contribution in [0.2, 0.25) is 0 Å². The standard InChI is InChI=1S/C9H17Br/c1-3-9(10)8-5-4-7(2)6-8/h7-9H,3-6H2,1-2H3. The minimum absolute atomic E-state index is 0.789. The van der Waals surface area contributed by atoms with Crippen LogP contribution in [0.5, 0.6) is 0 Å². The van der Waals surface area contributed by atoms with E-state index in [9.17, 15) is 0 Å². The second-order valence-electron chi connectivity index (χ2n) is 3.60. The molecule has 0 bridgehead atoms. The summed E-state index contributed by atoms with van der Waals surface area (Å²) in [7, 11) is 0. The highest BCUT2D eigenvalue weighted by Crippen LogP contribution is 2.36. The third kappa shape index (κ3) is 1.98. The van der Waals surface area contributed by atoms with Gasteiger partial charge in [0.05, 0.1) is 0 Å². The quantitative estimate of drug-likeness (QED) is 0.604. The van der Waals surface area contributed by atoms with Crippen LogP contribution in [0.4, 0.5) is 0 Å². The van der Waals surface area contributed by atoms with Gasteiger partial charge >= 0.3 is 0 Å². The Morgan fingerprint density at radius 1 is 1.50 bits per heavy atom. The number of hydrogen-bond acceptors (Lipinski definition) is 0. The zero-order chi connectivity index (χ0) is 7.56. The number of hydrogen-bond donors (Lipinski definition) is 0. The molecular formula is C9H17Br. The second kappa shape index (κ2) is 3.75. The van der Waals surface area contributed by atoms with Gasteiger partial charge < -0.3 is 0 Å². The fraction of sp³-hybridized carbons (Fsp3) is 1.00. The molecule has 0 radical (unpaired) electrons. The van der Waals surface area contributed by atoms with E-state index in [1.807, 2.05) is 0 Å². The molecule has 0 N–H and O–H groups in total. The largest absolute Gasteiger partial charge is 0.0888 e. The topological polar surface area (TPSA) is 0 Å². The Morgan fingerprint density at radius 2 is 2.20 bits per heavy atom. The molecule has 0 nitrogen and oxygen atoms in total. The molecule has 1 heteroatoms. The van der Waals surface area contributed by atoms with Crippen molar-refractivity contribution in [2.45, 2.75) is 44.4 Å². The third-order valence-corrected chi connectivity index (χ3v) is 4.03. The van der Waals surface area contributed by atoms with Crippen molar-refractivity contribution >= 4 is 15.9 Å². The van der Waals surface area contributed by atoms with E-state index in [1.165, 1.54) is 25.7 Å². The molecule has 0 aromatic heterocycles. The molecule has 1 rings (SSSR count). The summed E-state index contributed by atoms with van der Waals surface area (Å²) in [4.78, 5) is 0.789. The van der Waals surface area contributed by atoms with Gasteiger partial charge in [-0.1, -0.05) is 36.2 Å². The fourth-order valence-corrected chi connectivity index (χ4v) is 2.39. The average molecular weight is 205 g/mol. The smallest absolute Gasteiger partial charge is 0.0171 e. The lowest BCUT2D eigenvalue weighted by Gasteiger charge is -2.14. The molecule has 1 saturated carbocycles. The van der Waals surface area contributed by atoms with Crippen LogP contribution in [0.25, 0.3) is 0 Å². The van der Waals surface area contributed by atoms with E-state index in [0.717, 1.165) is 16.7 Å². The van der Waals surface area contributed by atoms with Crippen LogP contribution in [0, 0.1) is 11.8 Å². The Kier molecular flexibility index (Phi) is 3.22. The minimum Gasteiger partial charge on any atom is -0.0888 e. The van der Waals surface area contributed by atoms with Crippen molar-refractivity contribution in [2.75, 3.05) is 0 Å². The van der Waals surface area contributed by atoms with Gasteiger partial charge in [0.15, 0.2) is 0 Å². The van der Waals surface area contributed by atoms with Crippen LogP contribution in [0.3, 0.4) is 0 Å². The van der Waals surface area contributed by atoms with E-state index in [0.29, 0.717) is 0 Å². The van der Waals surface area contributed by atoms with Crippen molar-refractivity contribution in [1.29, 1.82) is 0 Å². The van der Waals surface area contributed by atoms with Crippen molar-refractivity contribution in [3.63, 3.8) is 0 Å². The monoisotopic (exact) mass is 204 g/mol. The molecule has 0 amide bonds. The van der Waals surface area contributed by atoms with Crippen LogP contribution in [-0.4, -0.2) is 4.83 Å². The first kappa shape index (κ1) is 8.58. The number of alkyl halides is 1. The Hall–Kier alpha value is 0.480. The maximum atomic E-state index is 3.73. The summed E-state index contributed by atoms with van der Waals surface area (Å²) < 4.78 is 0. The van der Waals surface area contributed by atoms with Crippen molar-refractivity contribution in [3.8, 4) is 0 Å². The normalized spacial score (nSPS) is 36.3. The molecule has 1 aliphatic carbocycles. The first-order valence-electron chi connectivity index (χ1n) is 4.38. The van der Waals surface area contributed by atoms with Gasteiger partial charge in [-0.15, -0.1) is 0 Å². The van der Waals surface area contributed by atoms with Gasteiger partial charge in [0.2, 0.25) is 0 Å². The molecule has 0 aromatic carbocycles. The summed E-state index contributed by atoms with van der Waals surface area (Å²) in [5.41, 5.74) is 0. The Balaban J connectivity index is 2.29. The van der Waals surface area contributed by atoms with E-state index in [4.69, 9.17) is 0 Å². The van der Waals surface area contributed by atoms with Gasteiger partial charge in [0, 0.05) is 4.83 Å². The summed E-state index contributed by atoms with van der Waals surface area (Å²) in [5, 5.41) is 0. The minimum atomic E-state index is 0.789. The van der Waals surface area contributed by atoms with Gasteiger partial charge in [0.25, 0.3) is 0 Å². The molecule has 0 aliphatic heterocycles. The maximum Gasteiger partial charge on any atom is 0.0171 e. The molecule has 0 spiro atoms. The first-order valence-corrected chi connectivity index (χ1v) is 5.29. The van der Waals surface area contributed by atoms with Crippen LogP contribution < -0.4 is 0 Å². The van der Waals surface area contributed by atoms with Crippen molar-refractivity contribution in [2.24, 2.45) is 11.8 Å². The Morgan fingerprint density at radius 3 is 2.60 bits per heavy atom. The highest BCUT2D eigenvalue weighted by molar-refractivity contribution is 9.09. The molecule has 0 saturated heterocycles. The molecule has 60 valence electrons. The number of rotatable bonds is 2. The van der Waals surface area contributed by atoms with Gasteiger partial charge in [-0.25, -0.2) is 0 Å². The Bertz CT molecular complexity index is 101. The highest BCUT2D eigenvalue weighted by Gasteiger charge is 2.25. The molecular weight excluding hydrogens is 188 g/mol. The fourth-order valence-electron chi connectivity index (χ4n) is 1.91. The summed E-state index contributed by atoms with van der Waals surface area (Å²) in [6.45, 7) is 4.64. The van der Waals surface area contributed by atoms with E-state index in [-0.39, 0.29) is 0 Å². The predicted molar refractivity (Wildman–Crippen MR) is 49.5 cm³/mol. The molecule has 10 heavy (non-hydrogen) atoms. The van der Waals surface area contributed by atoms with Crippen molar-refractivity contribution in [3.05, 3.63) is 0 Å². The lowest BCUT2D eigenvalue weighted by atomic mass is 10.0. The molecule has 3 atom stereocenters. The van der Waals surface area contributed by atoms with Gasteiger partial charge in [-0.05, 0) is 31.1 Å². The van der Waals surface area contributed by atoms with E-state index in [1.54, 1.807) is 0 Å². The van der Waals surface area contributed by atoms with Gasteiger partial charge in [-0.3, -0.25) is 0 Å². The Labute approximate surface area is 72.5 Å². The van der Waals surface area contributed by atoms with Crippen molar-refractivity contribution < 1.29 is 0 Å². The second-order valence-corrected chi connectivity index (χ2v) is 4.78. The SMILES string of the molecule is CCC(Br)C1CCC(C)C1. The van der Waals surface area contributed by atoms with Crippen molar-refractivity contribution in [1.82, 2.24) is 0 Å². The number of halogens is 1. The average Bonchev–Trinajstić information content (AvgIpc) is 2.34. The summed E-state index contributed by atoms with van der Waals surface area (Å²) in [6, 6.07) is 0. The summed E-state index contributed by atoms with van der Waals surface area (Å²) >= 11 is 3.73. The van der Waals surface area contributed by atoms with Crippen LogP contribution in [-0.2, 0) is 0 Å². The predicted octanol–water partition coefficient (Wildman–Crippen LogP) is 3.60. The van der Waals surface area contributed by atoms with E-state index >= 15 is 0 Å². The van der Waals surface area contributed by atoms with Crippen LogP contribution >= 0.6 is 15.9 Å². The lowest BCUT2D eigenvalue weighted by molar-refractivity contribution is 0.493.